The van der Waals surface area contributed by atoms with Gasteiger partial charge in [0.2, 0.25) is 0 Å². The zero-order chi connectivity index (χ0) is 13.1. The minimum Gasteiger partial charge on any atom is -0.345 e. The molecule has 0 spiro atoms. The van der Waals surface area contributed by atoms with Crippen LogP contribution in [-0.2, 0) is 0 Å². The molecule has 3 rings (SSSR count). The molecule has 19 heavy (non-hydrogen) atoms. The predicted octanol–water partition coefficient (Wildman–Crippen LogP) is 3.66. The van der Waals surface area contributed by atoms with E-state index in [1.807, 2.05) is 42.6 Å². The summed E-state index contributed by atoms with van der Waals surface area (Å²) in [6.07, 6.45) is 5.21. The lowest BCUT2D eigenvalue weighted by molar-refractivity contribution is 1.32. The minimum absolute atomic E-state index is 0.609. The second-order valence-electron chi connectivity index (χ2n) is 4.03. The molecule has 2 N–H and O–H groups in total. The summed E-state index contributed by atoms with van der Waals surface area (Å²) in [5.74, 6) is 0. The lowest BCUT2D eigenvalue weighted by Crippen LogP contribution is -1.89. The van der Waals surface area contributed by atoms with Gasteiger partial charge in [0.25, 0.3) is 0 Å². The van der Waals surface area contributed by atoms with E-state index in [1.165, 1.54) is 0 Å². The molecule has 0 aliphatic carbocycles. The molecule has 0 radical (unpaired) electrons. The quantitative estimate of drug-likeness (QED) is 0.564. The molecule has 0 amide bonds. The number of nitrogens with zero attached hydrogens (tertiary/aromatic N) is 2. The first-order valence-electron chi connectivity index (χ1n) is 5.80. The molecule has 4 nitrogen and oxygen atoms in total. The van der Waals surface area contributed by atoms with Crippen molar-refractivity contribution in [3.63, 3.8) is 0 Å². The summed E-state index contributed by atoms with van der Waals surface area (Å²) in [7, 11) is 0. The van der Waals surface area contributed by atoms with E-state index in [4.69, 9.17) is 11.6 Å². The molecule has 0 saturated heterocycles. The van der Waals surface area contributed by atoms with Gasteiger partial charge in [0.05, 0.1) is 16.9 Å². The summed E-state index contributed by atoms with van der Waals surface area (Å²) in [4.78, 5) is 7.27. The number of fused-ring (bicyclic) bond motifs is 1. The number of aromatic nitrogens is 2. The van der Waals surface area contributed by atoms with E-state index in [0.717, 1.165) is 22.3 Å². The number of hydrazone groups is 1. The Morgan fingerprint density at radius 3 is 2.95 bits per heavy atom. The van der Waals surface area contributed by atoms with Gasteiger partial charge in [0, 0.05) is 23.3 Å². The van der Waals surface area contributed by atoms with E-state index in [-0.39, 0.29) is 0 Å². The van der Waals surface area contributed by atoms with Gasteiger partial charge in [-0.15, -0.1) is 0 Å². The van der Waals surface area contributed by atoms with Gasteiger partial charge < -0.3 is 4.98 Å². The Balaban J connectivity index is 1.83. The second-order valence-corrected chi connectivity index (χ2v) is 4.47. The maximum Gasteiger partial charge on any atom is 0.138 e. The fourth-order valence-electron chi connectivity index (χ4n) is 1.79. The predicted molar refractivity (Wildman–Crippen MR) is 78.8 cm³/mol. The molecular formula is C14H11ClN4. The van der Waals surface area contributed by atoms with Crippen LogP contribution in [0.25, 0.3) is 11.0 Å². The lowest BCUT2D eigenvalue weighted by Gasteiger charge is -1.97. The summed E-state index contributed by atoms with van der Waals surface area (Å²) in [5.41, 5.74) is 5.64. The SMILES string of the molecule is Clc1cnc2[nH]cc(/C=N/Nc3ccccc3)c2c1. The van der Waals surface area contributed by atoms with Crippen molar-refractivity contribution < 1.29 is 0 Å². The number of H-pyrrole nitrogens is 1. The zero-order valence-electron chi connectivity index (χ0n) is 9.97. The summed E-state index contributed by atoms with van der Waals surface area (Å²) < 4.78 is 0. The Labute approximate surface area is 115 Å². The first kappa shape index (κ1) is 11.7. The van der Waals surface area contributed by atoms with Crippen molar-refractivity contribution >= 4 is 34.5 Å². The molecule has 94 valence electrons. The monoisotopic (exact) mass is 270 g/mol. The van der Waals surface area contributed by atoms with Gasteiger partial charge in [-0.3, -0.25) is 5.43 Å². The number of rotatable bonds is 3. The van der Waals surface area contributed by atoms with Crippen LogP contribution in [0, 0.1) is 0 Å². The number of anilines is 1. The van der Waals surface area contributed by atoms with Gasteiger partial charge in [0.1, 0.15) is 5.65 Å². The van der Waals surface area contributed by atoms with Crippen molar-refractivity contribution in [3.05, 3.63) is 59.4 Å². The highest BCUT2D eigenvalue weighted by atomic mass is 35.5. The average molecular weight is 271 g/mol. The maximum absolute atomic E-state index is 5.94. The average Bonchev–Trinajstić information content (AvgIpc) is 2.83. The molecule has 0 bridgehead atoms. The van der Waals surface area contributed by atoms with Crippen LogP contribution in [0.3, 0.4) is 0 Å². The lowest BCUT2D eigenvalue weighted by atomic mass is 10.2. The highest BCUT2D eigenvalue weighted by Crippen LogP contribution is 2.18. The van der Waals surface area contributed by atoms with Gasteiger partial charge in [-0.05, 0) is 18.2 Å². The first-order valence-corrected chi connectivity index (χ1v) is 6.17. The third kappa shape index (κ3) is 2.58. The van der Waals surface area contributed by atoms with Gasteiger partial charge >= 0.3 is 0 Å². The molecule has 0 unspecified atom stereocenters. The van der Waals surface area contributed by atoms with Gasteiger partial charge in [-0.1, -0.05) is 29.8 Å². The summed E-state index contributed by atoms with van der Waals surface area (Å²) in [6, 6.07) is 11.6. The number of aromatic amines is 1. The van der Waals surface area contributed by atoms with Crippen molar-refractivity contribution in [2.24, 2.45) is 5.10 Å². The van der Waals surface area contributed by atoms with E-state index in [1.54, 1.807) is 12.4 Å². The smallest absolute Gasteiger partial charge is 0.138 e. The Bertz CT molecular complexity index is 719. The van der Waals surface area contributed by atoms with Crippen LogP contribution in [0.15, 0.2) is 53.9 Å². The molecule has 1 aromatic carbocycles. The summed E-state index contributed by atoms with van der Waals surface area (Å²) in [5, 5.41) is 5.76. The Kier molecular flexibility index (Phi) is 3.16. The van der Waals surface area contributed by atoms with E-state index in [0.29, 0.717) is 5.02 Å². The minimum atomic E-state index is 0.609. The van der Waals surface area contributed by atoms with Crippen LogP contribution in [0.5, 0.6) is 0 Å². The molecule has 0 atom stereocenters. The normalized spacial score (nSPS) is 11.2. The number of halogens is 1. The number of pyridine rings is 1. The van der Waals surface area contributed by atoms with Gasteiger partial charge in [-0.2, -0.15) is 5.10 Å². The van der Waals surface area contributed by atoms with E-state index in [9.17, 15) is 0 Å². The molecular weight excluding hydrogens is 260 g/mol. The third-order valence-electron chi connectivity index (χ3n) is 2.70. The Morgan fingerprint density at radius 1 is 1.26 bits per heavy atom. The van der Waals surface area contributed by atoms with Crippen molar-refractivity contribution in [2.75, 3.05) is 5.43 Å². The van der Waals surface area contributed by atoms with Crippen LogP contribution >= 0.6 is 11.6 Å². The fraction of sp³-hybridized carbons (Fsp3) is 0. The van der Waals surface area contributed by atoms with Crippen LogP contribution in [-0.4, -0.2) is 16.2 Å². The molecule has 0 aliphatic heterocycles. The van der Waals surface area contributed by atoms with Gasteiger partial charge in [-0.25, -0.2) is 4.98 Å². The molecule has 2 heterocycles. The first-order chi connectivity index (χ1) is 9.33. The Morgan fingerprint density at radius 2 is 2.11 bits per heavy atom. The molecule has 3 aromatic rings. The van der Waals surface area contributed by atoms with E-state index >= 15 is 0 Å². The molecule has 0 aliphatic rings. The van der Waals surface area contributed by atoms with Crippen LogP contribution in [0.2, 0.25) is 5.02 Å². The van der Waals surface area contributed by atoms with Crippen molar-refractivity contribution in [1.82, 2.24) is 9.97 Å². The number of nitrogens with one attached hydrogen (secondary N) is 2. The highest BCUT2D eigenvalue weighted by molar-refractivity contribution is 6.31. The van der Waals surface area contributed by atoms with Crippen molar-refractivity contribution in [3.8, 4) is 0 Å². The summed E-state index contributed by atoms with van der Waals surface area (Å²) in [6.45, 7) is 0. The maximum atomic E-state index is 5.94. The number of benzene rings is 1. The number of para-hydroxylation sites is 1. The zero-order valence-corrected chi connectivity index (χ0v) is 10.7. The van der Waals surface area contributed by atoms with Crippen molar-refractivity contribution in [1.29, 1.82) is 0 Å². The topological polar surface area (TPSA) is 53.1 Å². The molecule has 0 saturated carbocycles. The van der Waals surface area contributed by atoms with Crippen LogP contribution in [0.4, 0.5) is 5.69 Å². The van der Waals surface area contributed by atoms with Crippen molar-refractivity contribution in [2.45, 2.75) is 0 Å². The largest absolute Gasteiger partial charge is 0.345 e. The van der Waals surface area contributed by atoms with E-state index in [2.05, 4.69) is 20.5 Å². The Hall–Kier alpha value is -2.33. The number of hydrogen-bond acceptors (Lipinski definition) is 3. The molecule has 0 fully saturated rings. The highest BCUT2D eigenvalue weighted by Gasteiger charge is 2.03. The van der Waals surface area contributed by atoms with E-state index < -0.39 is 0 Å². The second kappa shape index (κ2) is 5.12. The fourth-order valence-corrected chi connectivity index (χ4v) is 1.95. The standard InChI is InChI=1S/C14H11ClN4/c15-11-6-13-10(7-16-14(13)17-9-11)8-18-19-12-4-2-1-3-5-12/h1-9,19H,(H,16,17)/b18-8+. The molecule has 2 aromatic heterocycles. The van der Waals surface area contributed by atoms with Gasteiger partial charge in [0.15, 0.2) is 0 Å². The molecule has 5 heteroatoms. The number of hydrogen-bond donors (Lipinski definition) is 2. The summed E-state index contributed by atoms with van der Waals surface area (Å²) >= 11 is 5.94. The third-order valence-corrected chi connectivity index (χ3v) is 2.91. The van der Waals surface area contributed by atoms with Crippen LogP contribution < -0.4 is 5.43 Å². The van der Waals surface area contributed by atoms with Crippen LogP contribution in [0.1, 0.15) is 5.56 Å².